The van der Waals surface area contributed by atoms with E-state index in [0.717, 1.165) is 19.3 Å². The number of anilines is 1. The van der Waals surface area contributed by atoms with E-state index in [-0.39, 0.29) is 12.4 Å². The van der Waals surface area contributed by atoms with Gasteiger partial charge in [-0.05, 0) is 32.4 Å². The quantitative estimate of drug-likeness (QED) is 0.0803. The van der Waals surface area contributed by atoms with Crippen LogP contribution in [0.5, 0.6) is 0 Å². The molecule has 0 radical (unpaired) electrons. The molecule has 5 atom stereocenters. The van der Waals surface area contributed by atoms with E-state index in [9.17, 15) is 14.7 Å². The van der Waals surface area contributed by atoms with Crippen molar-refractivity contribution in [2.45, 2.75) is 166 Å². The zero-order valence-electron chi connectivity index (χ0n) is 29.3. The number of nitrogens with two attached hydrogens (primary N) is 1. The number of nitrogen functional groups attached to an aromatic ring is 1. The number of hydrogen-bond donors (Lipinski definition) is 2. The number of phosphoric acid groups is 1. The van der Waals surface area contributed by atoms with Crippen LogP contribution >= 0.6 is 7.82 Å². The Morgan fingerprint density at radius 1 is 0.896 bits per heavy atom. The second kappa shape index (κ2) is 18.8. The molecule has 1 unspecified atom stereocenters. The molecule has 2 fully saturated rings. The minimum absolute atomic E-state index is 0.0888. The molecule has 0 saturated carbocycles. The van der Waals surface area contributed by atoms with E-state index < -0.39 is 44.1 Å². The maximum absolute atomic E-state index is 12.8. The predicted octanol–water partition coefficient (Wildman–Crippen LogP) is 8.34. The fourth-order valence-corrected chi connectivity index (χ4v) is 7.58. The molecule has 4 heterocycles. The summed E-state index contributed by atoms with van der Waals surface area (Å²) in [5.41, 5.74) is 5.42. The maximum atomic E-state index is 12.8. The minimum Gasteiger partial charge on any atom is -0.382 e. The molecule has 2 aliphatic rings. The lowest BCUT2D eigenvalue weighted by Crippen LogP contribution is -2.45. The molecule has 0 bridgehead atoms. The van der Waals surface area contributed by atoms with Gasteiger partial charge in [-0.15, -0.1) is 0 Å². The number of hydrogen-bond acceptors (Lipinski definition) is 10. The second-order valence-electron chi connectivity index (χ2n) is 13.8. The van der Waals surface area contributed by atoms with Crippen molar-refractivity contribution in [3.8, 4) is 6.07 Å². The number of aromatic nitrogens is 3. The van der Waals surface area contributed by atoms with Gasteiger partial charge in [0.1, 0.15) is 42.8 Å². The average molecular weight is 692 g/mol. The van der Waals surface area contributed by atoms with Crippen LogP contribution in [0.15, 0.2) is 18.5 Å². The first-order valence-corrected chi connectivity index (χ1v) is 19.8. The molecule has 2 aromatic heterocycles. The summed E-state index contributed by atoms with van der Waals surface area (Å²) >= 11 is 0. The Balaban J connectivity index is 1.10. The van der Waals surface area contributed by atoms with Gasteiger partial charge in [-0.1, -0.05) is 116 Å². The van der Waals surface area contributed by atoms with E-state index in [1.165, 1.54) is 96.2 Å². The molecule has 3 N–H and O–H groups in total. The summed E-state index contributed by atoms with van der Waals surface area (Å²) in [6.07, 6.45) is 21.7. The molecule has 4 rings (SSSR count). The van der Waals surface area contributed by atoms with Gasteiger partial charge in [0.2, 0.25) is 5.60 Å². The third-order valence-electron chi connectivity index (χ3n) is 9.41. The van der Waals surface area contributed by atoms with Gasteiger partial charge in [0.05, 0.1) is 12.3 Å². The van der Waals surface area contributed by atoms with Crippen LogP contribution in [0, 0.1) is 11.3 Å². The van der Waals surface area contributed by atoms with Crippen molar-refractivity contribution in [3.63, 3.8) is 0 Å². The number of nitriles is 1. The molecule has 2 aliphatic heterocycles. The van der Waals surface area contributed by atoms with E-state index in [4.69, 9.17) is 29.0 Å². The zero-order valence-corrected chi connectivity index (χ0v) is 30.2. The van der Waals surface area contributed by atoms with Crippen molar-refractivity contribution < 1.29 is 32.7 Å². The van der Waals surface area contributed by atoms with E-state index in [1.54, 1.807) is 30.5 Å². The maximum Gasteiger partial charge on any atom is 0.472 e. The average Bonchev–Trinajstić information content (AvgIpc) is 3.71. The number of unbranched alkanes of at least 4 members (excludes halogenated alkanes) is 17. The Morgan fingerprint density at radius 2 is 1.46 bits per heavy atom. The van der Waals surface area contributed by atoms with Gasteiger partial charge < -0.3 is 24.8 Å². The summed E-state index contributed by atoms with van der Waals surface area (Å²) in [6.45, 7) is 5.28. The fourth-order valence-electron chi connectivity index (χ4n) is 6.79. The lowest BCUT2D eigenvalue weighted by atomic mass is 9.96. The Morgan fingerprint density at radius 3 is 2.02 bits per heavy atom. The first-order chi connectivity index (χ1) is 23.1. The van der Waals surface area contributed by atoms with E-state index in [2.05, 4.69) is 23.1 Å². The summed E-state index contributed by atoms with van der Waals surface area (Å²) in [5.74, 6) is -0.732. The van der Waals surface area contributed by atoms with Gasteiger partial charge in [-0.3, -0.25) is 9.05 Å². The molecular formula is C35H58N5O7P. The standard InChI is InChI=1S/C35H58N5O7P/c1-4-5-6-7-8-9-10-11-12-13-14-15-16-17-18-19-20-21-24-43-48(41,42)44-26-35(25-36)32-31(45-34(2,3)47-32)30(46-35)28-22-23-29-33(37)38-27-39-40(28)29/h22-23,27,30-32H,4-21,24,26H2,1-3H3,(H,41,42)(H2,37,38,39)/t30-,31-,32-,35+/m0/s1. The lowest BCUT2D eigenvalue weighted by Gasteiger charge is -2.29. The highest BCUT2D eigenvalue weighted by atomic mass is 31.2. The second-order valence-corrected chi connectivity index (χ2v) is 15.3. The van der Waals surface area contributed by atoms with E-state index in [0.29, 0.717) is 17.6 Å². The number of ether oxygens (including phenoxy) is 3. The van der Waals surface area contributed by atoms with Gasteiger partial charge >= 0.3 is 7.82 Å². The summed E-state index contributed by atoms with van der Waals surface area (Å²) in [5, 5.41) is 14.6. The van der Waals surface area contributed by atoms with Crippen LogP contribution in [0.1, 0.15) is 148 Å². The smallest absolute Gasteiger partial charge is 0.382 e. The van der Waals surface area contributed by atoms with Crippen LogP contribution < -0.4 is 5.73 Å². The summed E-state index contributed by atoms with van der Waals surface area (Å²) < 4.78 is 43.4. The molecule has 270 valence electrons. The highest BCUT2D eigenvalue weighted by molar-refractivity contribution is 7.47. The Bertz CT molecular complexity index is 1350. The largest absolute Gasteiger partial charge is 0.472 e. The topological polar surface area (TPSA) is 163 Å². The van der Waals surface area contributed by atoms with Crippen molar-refractivity contribution >= 4 is 19.2 Å². The first kappa shape index (κ1) is 38.7. The molecule has 0 aromatic carbocycles. The van der Waals surface area contributed by atoms with E-state index in [1.807, 2.05) is 0 Å². The van der Waals surface area contributed by atoms with Crippen LogP contribution in [0.4, 0.5) is 5.82 Å². The molecule has 12 nitrogen and oxygen atoms in total. The summed E-state index contributed by atoms with van der Waals surface area (Å²) in [4.78, 5) is 14.5. The minimum atomic E-state index is -4.46. The molecule has 0 spiro atoms. The molecular weight excluding hydrogens is 633 g/mol. The van der Waals surface area contributed by atoms with Crippen LogP contribution in [-0.2, 0) is 27.8 Å². The molecule has 0 aliphatic carbocycles. The molecule has 2 aromatic rings. The first-order valence-electron chi connectivity index (χ1n) is 18.3. The van der Waals surface area contributed by atoms with Gasteiger partial charge in [-0.25, -0.2) is 14.1 Å². The summed E-state index contributed by atoms with van der Waals surface area (Å²) in [6, 6.07) is 5.65. The third-order valence-corrected chi connectivity index (χ3v) is 10.4. The number of nitrogens with zero attached hydrogens (tertiary/aromatic N) is 4. The Kier molecular flexibility index (Phi) is 15.1. The predicted molar refractivity (Wildman–Crippen MR) is 184 cm³/mol. The highest BCUT2D eigenvalue weighted by Crippen LogP contribution is 2.52. The normalized spacial score (nSPS) is 24.5. The molecule has 0 amide bonds. The van der Waals surface area contributed by atoms with Crippen LogP contribution in [0.25, 0.3) is 5.52 Å². The number of rotatable bonds is 24. The van der Waals surface area contributed by atoms with Crippen molar-refractivity contribution in [1.29, 1.82) is 5.26 Å². The zero-order chi connectivity index (χ0) is 34.5. The van der Waals surface area contributed by atoms with Gasteiger partial charge in [0.15, 0.2) is 11.6 Å². The van der Waals surface area contributed by atoms with Crippen LogP contribution in [-0.4, -0.2) is 56.3 Å². The van der Waals surface area contributed by atoms with Gasteiger partial charge in [0.25, 0.3) is 0 Å². The number of fused-ring (bicyclic) bond motifs is 2. The van der Waals surface area contributed by atoms with Gasteiger partial charge in [-0.2, -0.15) is 10.4 Å². The van der Waals surface area contributed by atoms with Crippen molar-refractivity contribution in [3.05, 3.63) is 24.2 Å². The van der Waals surface area contributed by atoms with Crippen LogP contribution in [0.2, 0.25) is 0 Å². The van der Waals surface area contributed by atoms with E-state index >= 15 is 0 Å². The molecule has 48 heavy (non-hydrogen) atoms. The van der Waals surface area contributed by atoms with Crippen LogP contribution in [0.3, 0.4) is 0 Å². The highest BCUT2D eigenvalue weighted by Gasteiger charge is 2.65. The lowest BCUT2D eigenvalue weighted by molar-refractivity contribution is -0.204. The summed E-state index contributed by atoms with van der Waals surface area (Å²) in [7, 11) is -4.46. The van der Waals surface area contributed by atoms with Gasteiger partial charge in [0, 0.05) is 0 Å². The fraction of sp³-hybridized carbons (Fsp3) is 0.800. The molecule has 13 heteroatoms. The number of phosphoric ester groups is 1. The molecule has 2 saturated heterocycles. The van der Waals surface area contributed by atoms with Crippen molar-refractivity contribution in [1.82, 2.24) is 14.6 Å². The monoisotopic (exact) mass is 691 g/mol. The Hall–Kier alpha value is -2.10. The van der Waals surface area contributed by atoms with Crippen molar-refractivity contribution in [2.24, 2.45) is 0 Å². The SMILES string of the molecule is CCCCCCCCCCCCCCCCCCCCOP(=O)(O)OC[C@@]1(C#N)O[C@@H](c2ccc3c(N)ncnn23)[C@@H]2OC(C)(C)O[C@@H]21. The third kappa shape index (κ3) is 10.9. The van der Waals surface area contributed by atoms with Crippen molar-refractivity contribution in [2.75, 3.05) is 18.9 Å². The Labute approximate surface area is 286 Å².